The number of piperidine rings is 1. The van der Waals surface area contributed by atoms with E-state index in [1.165, 1.54) is 6.07 Å². The first-order valence-corrected chi connectivity index (χ1v) is 10.2. The maximum atomic E-state index is 12.9. The van der Waals surface area contributed by atoms with Crippen LogP contribution >= 0.6 is 34.5 Å². The van der Waals surface area contributed by atoms with Gasteiger partial charge in [-0.15, -0.1) is 11.3 Å². The number of nitrogens with zero attached hydrogens (tertiary/aromatic N) is 1. The van der Waals surface area contributed by atoms with Gasteiger partial charge in [-0.3, -0.25) is 0 Å². The number of thiophene rings is 1. The lowest BCUT2D eigenvalue weighted by atomic mass is 9.98. The number of sulfonamides is 1. The third kappa shape index (κ3) is 3.57. The van der Waals surface area contributed by atoms with Gasteiger partial charge in [-0.1, -0.05) is 23.2 Å². The van der Waals surface area contributed by atoms with E-state index in [-0.39, 0.29) is 15.3 Å². The standard InChI is InChI=1S/C13H18Cl2N2O2S2/c14-12-7-11(13(15)20-12)21(18,19)17(10-1-2-10)8-9-3-5-16-6-4-9/h7,9-10,16H,1-6,8H2. The fourth-order valence-electron chi connectivity index (χ4n) is 2.75. The van der Waals surface area contributed by atoms with E-state index in [0.29, 0.717) is 16.8 Å². The van der Waals surface area contributed by atoms with Gasteiger partial charge in [-0.25, -0.2) is 8.42 Å². The molecular weight excluding hydrogens is 351 g/mol. The molecule has 1 saturated carbocycles. The zero-order valence-corrected chi connectivity index (χ0v) is 14.7. The second-order valence-corrected chi connectivity index (χ2v) is 9.83. The molecule has 2 aliphatic rings. The Balaban J connectivity index is 1.84. The quantitative estimate of drug-likeness (QED) is 0.867. The minimum absolute atomic E-state index is 0.139. The molecule has 118 valence electrons. The van der Waals surface area contributed by atoms with E-state index in [0.717, 1.165) is 50.1 Å². The molecule has 21 heavy (non-hydrogen) atoms. The largest absolute Gasteiger partial charge is 0.317 e. The molecule has 1 aromatic rings. The Labute approximate surface area is 139 Å². The van der Waals surface area contributed by atoms with Crippen molar-refractivity contribution in [3.8, 4) is 0 Å². The molecule has 2 fully saturated rings. The summed E-state index contributed by atoms with van der Waals surface area (Å²) < 4.78 is 28.1. The molecule has 8 heteroatoms. The molecule has 0 unspecified atom stereocenters. The molecule has 0 bridgehead atoms. The van der Waals surface area contributed by atoms with Gasteiger partial charge in [0, 0.05) is 12.6 Å². The van der Waals surface area contributed by atoms with Crippen LogP contribution < -0.4 is 5.32 Å². The van der Waals surface area contributed by atoms with E-state index in [1.807, 2.05) is 0 Å². The normalized spacial score (nSPS) is 21.1. The van der Waals surface area contributed by atoms with Crippen molar-refractivity contribution in [3.05, 3.63) is 14.7 Å². The highest BCUT2D eigenvalue weighted by Gasteiger charge is 2.40. The third-order valence-corrected chi connectivity index (χ3v) is 7.73. The monoisotopic (exact) mass is 368 g/mol. The Bertz CT molecular complexity index is 608. The van der Waals surface area contributed by atoms with Crippen LogP contribution in [0.3, 0.4) is 0 Å². The van der Waals surface area contributed by atoms with Crippen LogP contribution in [-0.4, -0.2) is 38.4 Å². The molecule has 4 nitrogen and oxygen atoms in total. The van der Waals surface area contributed by atoms with Crippen LogP contribution in [0.15, 0.2) is 11.0 Å². The zero-order valence-electron chi connectivity index (χ0n) is 11.5. The predicted octanol–water partition coefficient (Wildman–Crippen LogP) is 3.21. The Morgan fingerprint density at radius 3 is 2.43 bits per heavy atom. The molecule has 1 aromatic heterocycles. The smallest absolute Gasteiger partial charge is 0.245 e. The molecule has 1 N–H and O–H groups in total. The Morgan fingerprint density at radius 2 is 1.90 bits per heavy atom. The van der Waals surface area contributed by atoms with Crippen molar-refractivity contribution in [1.82, 2.24) is 9.62 Å². The van der Waals surface area contributed by atoms with Crippen molar-refractivity contribution in [1.29, 1.82) is 0 Å². The van der Waals surface area contributed by atoms with Gasteiger partial charge in [0.15, 0.2) is 0 Å². The highest BCUT2D eigenvalue weighted by Crippen LogP contribution is 2.40. The molecule has 3 rings (SSSR count). The lowest BCUT2D eigenvalue weighted by Crippen LogP contribution is -2.40. The van der Waals surface area contributed by atoms with E-state index < -0.39 is 10.0 Å². The van der Waals surface area contributed by atoms with Crippen molar-refractivity contribution in [2.24, 2.45) is 5.92 Å². The maximum Gasteiger partial charge on any atom is 0.245 e. The summed E-state index contributed by atoms with van der Waals surface area (Å²) in [7, 11) is -3.54. The van der Waals surface area contributed by atoms with E-state index in [9.17, 15) is 8.42 Å². The van der Waals surface area contributed by atoms with Crippen molar-refractivity contribution >= 4 is 44.6 Å². The summed E-state index contributed by atoms with van der Waals surface area (Å²) in [6, 6.07) is 1.61. The summed E-state index contributed by atoms with van der Waals surface area (Å²) in [6.07, 6.45) is 3.94. The second kappa shape index (κ2) is 6.34. The predicted molar refractivity (Wildman–Crippen MR) is 86.8 cm³/mol. The topological polar surface area (TPSA) is 49.4 Å². The molecule has 0 radical (unpaired) electrons. The first kappa shape index (κ1) is 16.0. The van der Waals surface area contributed by atoms with Crippen molar-refractivity contribution in [2.45, 2.75) is 36.6 Å². The van der Waals surface area contributed by atoms with Crippen LogP contribution in [0.2, 0.25) is 8.67 Å². The van der Waals surface area contributed by atoms with Crippen molar-refractivity contribution in [3.63, 3.8) is 0 Å². The van der Waals surface area contributed by atoms with E-state index in [4.69, 9.17) is 23.2 Å². The molecule has 0 atom stereocenters. The van der Waals surface area contributed by atoms with Gasteiger partial charge in [-0.05, 0) is 50.8 Å². The average Bonchev–Trinajstić information content (AvgIpc) is 3.21. The lowest BCUT2D eigenvalue weighted by molar-refractivity contribution is 0.283. The highest BCUT2D eigenvalue weighted by molar-refractivity contribution is 7.89. The molecule has 2 heterocycles. The van der Waals surface area contributed by atoms with Crippen molar-refractivity contribution in [2.75, 3.05) is 19.6 Å². The van der Waals surface area contributed by atoms with Crippen LogP contribution in [0.25, 0.3) is 0 Å². The van der Waals surface area contributed by atoms with Crippen LogP contribution in [0.1, 0.15) is 25.7 Å². The van der Waals surface area contributed by atoms with Gasteiger partial charge >= 0.3 is 0 Å². The van der Waals surface area contributed by atoms with E-state index in [2.05, 4.69) is 5.32 Å². The number of nitrogens with one attached hydrogen (secondary N) is 1. The molecule has 1 aliphatic heterocycles. The van der Waals surface area contributed by atoms with E-state index in [1.54, 1.807) is 4.31 Å². The fraction of sp³-hybridized carbons (Fsp3) is 0.692. The number of hydrogen-bond acceptors (Lipinski definition) is 4. The van der Waals surface area contributed by atoms with Crippen molar-refractivity contribution < 1.29 is 8.42 Å². The van der Waals surface area contributed by atoms with Crippen LogP contribution in [-0.2, 0) is 10.0 Å². The summed E-state index contributed by atoms with van der Waals surface area (Å²) in [6.45, 7) is 2.53. The summed E-state index contributed by atoms with van der Waals surface area (Å²) >= 11 is 13.1. The van der Waals surface area contributed by atoms with Crippen LogP contribution in [0.5, 0.6) is 0 Å². The Hall–Kier alpha value is 0.150. The van der Waals surface area contributed by atoms with Gasteiger partial charge in [-0.2, -0.15) is 4.31 Å². The summed E-state index contributed by atoms with van der Waals surface area (Å²) in [5.41, 5.74) is 0. The van der Waals surface area contributed by atoms with Crippen LogP contribution in [0.4, 0.5) is 0 Å². The fourth-order valence-corrected chi connectivity index (χ4v) is 6.63. The number of rotatable bonds is 5. The van der Waals surface area contributed by atoms with Gasteiger partial charge in [0.25, 0.3) is 0 Å². The SMILES string of the molecule is O=S(=O)(c1cc(Cl)sc1Cl)N(CC1CCNCC1)C1CC1. The highest BCUT2D eigenvalue weighted by atomic mass is 35.5. The maximum absolute atomic E-state index is 12.9. The van der Waals surface area contributed by atoms with Gasteiger partial charge < -0.3 is 5.32 Å². The lowest BCUT2D eigenvalue weighted by Gasteiger charge is -2.29. The molecule has 0 spiro atoms. The summed E-state index contributed by atoms with van der Waals surface area (Å²) in [5, 5.41) is 3.31. The van der Waals surface area contributed by atoms with Crippen LogP contribution in [0, 0.1) is 5.92 Å². The molecule has 0 aromatic carbocycles. The van der Waals surface area contributed by atoms with E-state index >= 15 is 0 Å². The van der Waals surface area contributed by atoms with Gasteiger partial charge in [0.05, 0.1) is 4.34 Å². The Kier molecular flexibility index (Phi) is 4.83. The third-order valence-electron chi connectivity index (χ3n) is 4.06. The number of hydrogen-bond donors (Lipinski definition) is 1. The second-order valence-electron chi connectivity index (χ2n) is 5.69. The zero-order chi connectivity index (χ0) is 15.0. The number of halogens is 2. The molecule has 1 aliphatic carbocycles. The van der Waals surface area contributed by atoms with Gasteiger partial charge in [0.1, 0.15) is 9.23 Å². The summed E-state index contributed by atoms with van der Waals surface area (Å²) in [5.74, 6) is 0.425. The average molecular weight is 369 g/mol. The minimum Gasteiger partial charge on any atom is -0.317 e. The molecule has 0 amide bonds. The molecular formula is C13H18Cl2N2O2S2. The Morgan fingerprint density at radius 1 is 1.24 bits per heavy atom. The first-order chi connectivity index (χ1) is 9.98. The molecule has 1 saturated heterocycles. The first-order valence-electron chi connectivity index (χ1n) is 7.16. The van der Waals surface area contributed by atoms with Gasteiger partial charge in [0.2, 0.25) is 10.0 Å². The minimum atomic E-state index is -3.54. The summed E-state index contributed by atoms with van der Waals surface area (Å²) in [4.78, 5) is 0.167.